The molecule has 0 saturated heterocycles. The second kappa shape index (κ2) is 25.5. The molecule has 0 fully saturated rings. The Hall–Kier alpha value is -6.44. The number of aliphatic imine (C=N–C) groups is 2. The van der Waals surface area contributed by atoms with Crippen molar-refractivity contribution in [3.05, 3.63) is 142 Å². The highest BCUT2D eigenvalue weighted by molar-refractivity contribution is 5.94. The molecule has 0 bridgehead atoms. The molecule has 0 N–H and O–H groups in total. The van der Waals surface area contributed by atoms with Crippen molar-refractivity contribution in [2.45, 2.75) is 110 Å². The lowest BCUT2D eigenvalue weighted by atomic mass is 10.1. The van der Waals surface area contributed by atoms with Crippen molar-refractivity contribution in [2.24, 2.45) is 9.98 Å². The van der Waals surface area contributed by atoms with Gasteiger partial charge in [0.05, 0.1) is 46.8 Å². The molecule has 0 aliphatic rings. The minimum absolute atomic E-state index is 0.113. The second-order valence-corrected chi connectivity index (χ2v) is 16.0. The summed E-state index contributed by atoms with van der Waals surface area (Å²) in [6, 6.07) is 23.7. The van der Waals surface area contributed by atoms with E-state index in [0.29, 0.717) is 29.9 Å². The number of alkyl halides is 6. The number of hydrogen-bond donors (Lipinski definition) is 0. The Kier molecular flexibility index (Phi) is 19.6. The van der Waals surface area contributed by atoms with Crippen LogP contribution >= 0.6 is 0 Å². The minimum Gasteiger partial charge on any atom is -0.494 e. The van der Waals surface area contributed by atoms with E-state index in [1.807, 2.05) is 0 Å². The summed E-state index contributed by atoms with van der Waals surface area (Å²) in [5.74, 6) is -1.01. The molecular weight excluding hydrogens is 875 g/mol. The van der Waals surface area contributed by atoms with Crippen molar-refractivity contribution >= 4 is 35.7 Å². The molecule has 5 aromatic rings. The molecule has 0 amide bonds. The lowest BCUT2D eigenvalue weighted by Gasteiger charge is -2.13. The summed E-state index contributed by atoms with van der Waals surface area (Å²) in [6.45, 7) is 6.50. The Labute approximate surface area is 388 Å². The number of unbranched alkanes of at least 4 members (excludes halogenated alkanes) is 10. The molecule has 5 rings (SSSR count). The smallest absolute Gasteiger partial charge is 0.418 e. The van der Waals surface area contributed by atoms with Gasteiger partial charge >= 0.3 is 24.3 Å². The molecule has 0 aliphatic heterocycles. The van der Waals surface area contributed by atoms with Crippen molar-refractivity contribution in [3.8, 4) is 23.0 Å². The summed E-state index contributed by atoms with van der Waals surface area (Å²) in [6.07, 6.45) is 5.57. The van der Waals surface area contributed by atoms with Crippen molar-refractivity contribution in [1.82, 2.24) is 0 Å². The summed E-state index contributed by atoms with van der Waals surface area (Å²) < 4.78 is 106. The fourth-order valence-electron chi connectivity index (χ4n) is 6.87. The third kappa shape index (κ3) is 16.4. The van der Waals surface area contributed by atoms with Crippen LogP contribution in [0.15, 0.2) is 113 Å². The number of rotatable bonds is 24. The molecule has 0 saturated carbocycles. The van der Waals surface area contributed by atoms with Crippen LogP contribution in [0.2, 0.25) is 0 Å². The molecule has 14 heteroatoms. The van der Waals surface area contributed by atoms with E-state index in [1.54, 1.807) is 6.92 Å². The summed E-state index contributed by atoms with van der Waals surface area (Å²) in [4.78, 5) is 34.4. The zero-order valence-electron chi connectivity index (χ0n) is 38.0. The van der Waals surface area contributed by atoms with Gasteiger partial charge in [0.2, 0.25) is 0 Å². The van der Waals surface area contributed by atoms with Gasteiger partial charge in [0.15, 0.2) is 0 Å². The molecule has 8 nitrogen and oxygen atoms in total. The molecular formula is C53H56F6N2O6. The third-order valence-corrected chi connectivity index (χ3v) is 10.7. The first-order valence-corrected chi connectivity index (χ1v) is 22.7. The average Bonchev–Trinajstić information content (AvgIpc) is 3.31. The van der Waals surface area contributed by atoms with E-state index >= 15 is 0 Å². The predicted molar refractivity (Wildman–Crippen MR) is 249 cm³/mol. The van der Waals surface area contributed by atoms with E-state index in [-0.39, 0.29) is 45.5 Å². The summed E-state index contributed by atoms with van der Waals surface area (Å²) in [7, 11) is 0. The van der Waals surface area contributed by atoms with Crippen LogP contribution in [0.1, 0.15) is 139 Å². The third-order valence-electron chi connectivity index (χ3n) is 10.7. The standard InChI is InChI=1S/C53H56F6N2O6/c1-4-6-8-10-12-14-31-64-42-27-29-46(44(33-42)52(54,55)56)60-35-38-19-23-40(24-20-38)50(62)66-48-17-16-18-49(37(48)3)67-51(63)41-25-21-39(22-26-41)36-61-47-30-28-43(34-45(47)53(57,58)59)65-32-15-13-11-9-7-5-2/h16-30,33-36H,4-15,31-32H2,1-3H3. The number of carbonyl (C=O) groups excluding carboxylic acids is 2. The highest BCUT2D eigenvalue weighted by Crippen LogP contribution is 2.40. The molecule has 0 radical (unpaired) electrons. The van der Waals surface area contributed by atoms with Gasteiger partial charge in [-0.2, -0.15) is 26.3 Å². The second-order valence-electron chi connectivity index (χ2n) is 16.0. The first kappa shape index (κ1) is 51.5. The SMILES string of the molecule is CCCCCCCCOc1ccc(N=Cc2ccc(C(=O)Oc3cccc(OC(=O)c4ccc(C=Nc5ccc(OCCCCCCCC)cc5C(F)(F)F)cc4)c3C)cc2)c(C(F)(F)F)c1. The number of carbonyl (C=O) groups is 2. The maximum absolute atomic E-state index is 14.0. The van der Waals surface area contributed by atoms with Crippen LogP contribution in [0.3, 0.4) is 0 Å². The van der Waals surface area contributed by atoms with Crippen molar-refractivity contribution in [2.75, 3.05) is 13.2 Å². The number of esters is 2. The van der Waals surface area contributed by atoms with Gasteiger partial charge < -0.3 is 18.9 Å². The van der Waals surface area contributed by atoms with Crippen LogP contribution in [-0.2, 0) is 12.4 Å². The first-order chi connectivity index (χ1) is 32.2. The quantitative estimate of drug-likeness (QED) is 0.0201. The molecule has 67 heavy (non-hydrogen) atoms. The zero-order valence-corrected chi connectivity index (χ0v) is 38.0. The van der Waals surface area contributed by atoms with Gasteiger partial charge in [-0.25, -0.2) is 9.59 Å². The molecule has 0 unspecified atom stereocenters. The van der Waals surface area contributed by atoms with Crippen LogP contribution in [-0.4, -0.2) is 37.6 Å². The van der Waals surface area contributed by atoms with Gasteiger partial charge in [0, 0.05) is 18.0 Å². The fraction of sp³-hybridized carbons (Fsp3) is 0.358. The Bertz CT molecular complexity index is 2260. The van der Waals surface area contributed by atoms with Gasteiger partial charge in [0.1, 0.15) is 23.0 Å². The molecule has 0 aromatic heterocycles. The fourth-order valence-corrected chi connectivity index (χ4v) is 6.87. The number of nitrogens with zero attached hydrogens (tertiary/aromatic N) is 2. The average molecular weight is 931 g/mol. The Morgan fingerprint density at radius 3 is 1.25 bits per heavy atom. The maximum Gasteiger partial charge on any atom is 0.418 e. The van der Waals surface area contributed by atoms with Crippen molar-refractivity contribution in [1.29, 1.82) is 0 Å². The van der Waals surface area contributed by atoms with E-state index in [2.05, 4.69) is 23.8 Å². The van der Waals surface area contributed by atoms with Crippen LogP contribution in [0.4, 0.5) is 37.7 Å². The van der Waals surface area contributed by atoms with Crippen LogP contribution in [0.5, 0.6) is 23.0 Å². The summed E-state index contributed by atoms with van der Waals surface area (Å²) in [5, 5.41) is 0. The van der Waals surface area contributed by atoms with Crippen molar-refractivity contribution in [3.63, 3.8) is 0 Å². The lowest BCUT2D eigenvalue weighted by molar-refractivity contribution is -0.138. The van der Waals surface area contributed by atoms with E-state index in [0.717, 1.165) is 89.2 Å². The monoisotopic (exact) mass is 930 g/mol. The Morgan fingerprint density at radius 1 is 0.507 bits per heavy atom. The largest absolute Gasteiger partial charge is 0.494 e. The van der Waals surface area contributed by atoms with Gasteiger partial charge in [-0.1, -0.05) is 108 Å². The predicted octanol–water partition coefficient (Wildman–Crippen LogP) is 15.5. The first-order valence-electron chi connectivity index (χ1n) is 22.7. The molecule has 0 spiro atoms. The molecule has 5 aromatic carbocycles. The molecule has 0 aliphatic carbocycles. The maximum atomic E-state index is 14.0. The number of benzene rings is 5. The van der Waals surface area contributed by atoms with Gasteiger partial charge in [-0.15, -0.1) is 0 Å². The minimum atomic E-state index is -4.66. The van der Waals surface area contributed by atoms with Gasteiger partial charge in [0.25, 0.3) is 0 Å². The highest BCUT2D eigenvalue weighted by atomic mass is 19.4. The Morgan fingerprint density at radius 2 is 0.881 bits per heavy atom. The number of ether oxygens (including phenoxy) is 4. The van der Waals surface area contributed by atoms with E-state index in [9.17, 15) is 35.9 Å². The summed E-state index contributed by atoms with van der Waals surface area (Å²) in [5.41, 5.74) is -0.926. The zero-order chi connectivity index (χ0) is 48.2. The van der Waals surface area contributed by atoms with E-state index in [1.165, 1.54) is 103 Å². The topological polar surface area (TPSA) is 95.8 Å². The summed E-state index contributed by atoms with van der Waals surface area (Å²) >= 11 is 0. The number of halogens is 6. The Balaban J connectivity index is 1.15. The molecule has 356 valence electrons. The molecule has 0 heterocycles. The van der Waals surface area contributed by atoms with Crippen LogP contribution < -0.4 is 18.9 Å². The van der Waals surface area contributed by atoms with Crippen LogP contribution in [0.25, 0.3) is 0 Å². The van der Waals surface area contributed by atoms with E-state index in [4.69, 9.17) is 18.9 Å². The number of hydrogen-bond acceptors (Lipinski definition) is 8. The van der Waals surface area contributed by atoms with Crippen molar-refractivity contribution < 1.29 is 54.9 Å². The van der Waals surface area contributed by atoms with Crippen LogP contribution in [0, 0.1) is 6.92 Å². The lowest BCUT2D eigenvalue weighted by Crippen LogP contribution is -2.12. The van der Waals surface area contributed by atoms with Gasteiger partial charge in [-0.3, -0.25) is 9.98 Å². The highest BCUT2D eigenvalue weighted by Gasteiger charge is 2.35. The normalized spacial score (nSPS) is 11.9. The van der Waals surface area contributed by atoms with E-state index < -0.39 is 35.4 Å². The molecule has 0 atom stereocenters. The van der Waals surface area contributed by atoms with Gasteiger partial charge in [-0.05, 0) is 104 Å².